The molecule has 7 heteroatoms. The van der Waals surface area contributed by atoms with Crippen molar-refractivity contribution in [2.45, 2.75) is 58.9 Å². The van der Waals surface area contributed by atoms with E-state index < -0.39 is 0 Å². The summed E-state index contributed by atoms with van der Waals surface area (Å²) in [5.41, 5.74) is 0.317. The maximum absolute atomic E-state index is 12.3. The molecule has 2 saturated heterocycles. The summed E-state index contributed by atoms with van der Waals surface area (Å²) >= 11 is 0. The van der Waals surface area contributed by atoms with E-state index in [1.165, 1.54) is 19.4 Å². The van der Waals surface area contributed by atoms with Gasteiger partial charge in [-0.25, -0.2) is 4.68 Å². The lowest BCUT2D eigenvalue weighted by atomic mass is 9.73. The Morgan fingerprint density at radius 3 is 2.84 bits per heavy atom. The summed E-state index contributed by atoms with van der Waals surface area (Å²) in [4.78, 5) is 17.0. The zero-order valence-electron chi connectivity index (χ0n) is 15.7. The summed E-state index contributed by atoms with van der Waals surface area (Å²) < 4.78 is 1.80. The number of likely N-dealkylation sites (tertiary alicyclic amines) is 2. The summed E-state index contributed by atoms with van der Waals surface area (Å²) in [5.74, 6) is 1.02. The van der Waals surface area contributed by atoms with Gasteiger partial charge >= 0.3 is 0 Å². The molecule has 3 heterocycles. The lowest BCUT2D eigenvalue weighted by molar-refractivity contribution is -0.139. The van der Waals surface area contributed by atoms with E-state index in [1.54, 1.807) is 11.0 Å². The number of hydrogen-bond donors (Lipinski definition) is 0. The average molecular weight is 348 g/mol. The van der Waals surface area contributed by atoms with Crippen LogP contribution in [-0.4, -0.2) is 68.6 Å². The van der Waals surface area contributed by atoms with E-state index in [9.17, 15) is 4.79 Å². The zero-order chi connectivity index (χ0) is 17.7. The number of tetrazole rings is 1. The van der Waals surface area contributed by atoms with Gasteiger partial charge in [-0.3, -0.25) is 4.79 Å². The third kappa shape index (κ3) is 5.00. The monoisotopic (exact) mass is 348 g/mol. The molecule has 0 bridgehead atoms. The number of hydrogen-bond acceptors (Lipinski definition) is 5. The first-order valence-electron chi connectivity index (χ1n) is 9.77. The highest BCUT2D eigenvalue weighted by Crippen LogP contribution is 2.39. The first-order valence-corrected chi connectivity index (χ1v) is 9.77. The van der Waals surface area contributed by atoms with Crippen LogP contribution in [0.2, 0.25) is 0 Å². The molecular weight excluding hydrogens is 316 g/mol. The highest BCUT2D eigenvalue weighted by Gasteiger charge is 2.41. The number of carbonyl (C=O) groups excluding carboxylic acids is 1. The molecule has 2 fully saturated rings. The Bertz CT molecular complexity index is 546. The van der Waals surface area contributed by atoms with Crippen LogP contribution in [0.25, 0.3) is 0 Å². The van der Waals surface area contributed by atoms with E-state index in [0.29, 0.717) is 17.2 Å². The maximum atomic E-state index is 12.3. The van der Waals surface area contributed by atoms with E-state index in [-0.39, 0.29) is 0 Å². The standard InChI is InChI=1S/C18H32N6O/c1-16(2)6-12-23-14-18(8-5-17(23)25)7-3-9-22(13-18)10-4-11-24-15-19-20-21-24/h15-16H,3-14H2,1-2H3/t18-/m0/s1. The van der Waals surface area contributed by atoms with Gasteiger partial charge in [0.1, 0.15) is 6.33 Å². The first-order chi connectivity index (χ1) is 12.1. The topological polar surface area (TPSA) is 67.2 Å². The SMILES string of the molecule is CC(C)CCN1C[C@@]2(CCCN(CCCn3cnnn3)C2)CCC1=O. The molecule has 2 aliphatic heterocycles. The van der Waals surface area contributed by atoms with Crippen LogP contribution in [0.4, 0.5) is 0 Å². The fourth-order valence-corrected chi connectivity index (χ4v) is 4.29. The average Bonchev–Trinajstić information content (AvgIpc) is 3.10. The summed E-state index contributed by atoms with van der Waals surface area (Å²) in [6, 6.07) is 0. The number of carbonyl (C=O) groups is 1. The molecule has 0 N–H and O–H groups in total. The fourth-order valence-electron chi connectivity index (χ4n) is 4.29. The highest BCUT2D eigenvalue weighted by molar-refractivity contribution is 5.77. The van der Waals surface area contributed by atoms with Crippen molar-refractivity contribution in [2.75, 3.05) is 32.7 Å². The van der Waals surface area contributed by atoms with Gasteiger partial charge in [0, 0.05) is 38.0 Å². The van der Waals surface area contributed by atoms with Crippen LogP contribution in [0.15, 0.2) is 6.33 Å². The minimum Gasteiger partial charge on any atom is -0.342 e. The van der Waals surface area contributed by atoms with Gasteiger partial charge in [0.05, 0.1) is 0 Å². The van der Waals surface area contributed by atoms with Gasteiger partial charge in [0.2, 0.25) is 5.91 Å². The molecule has 0 aromatic carbocycles. The van der Waals surface area contributed by atoms with Crippen LogP contribution in [0.1, 0.15) is 52.4 Å². The van der Waals surface area contributed by atoms with Crippen molar-refractivity contribution in [3.05, 3.63) is 6.33 Å². The summed E-state index contributed by atoms with van der Waals surface area (Å²) in [6.07, 6.45) is 8.16. The molecule has 140 valence electrons. The lowest BCUT2D eigenvalue weighted by Crippen LogP contribution is -2.54. The Labute approximate surface area is 150 Å². The van der Waals surface area contributed by atoms with Crippen molar-refractivity contribution >= 4 is 5.91 Å². The smallest absolute Gasteiger partial charge is 0.222 e. The van der Waals surface area contributed by atoms with Crippen molar-refractivity contribution in [3.8, 4) is 0 Å². The molecule has 0 radical (unpaired) electrons. The molecule has 1 amide bonds. The van der Waals surface area contributed by atoms with Gasteiger partial charge in [0.25, 0.3) is 0 Å². The number of aromatic nitrogens is 4. The van der Waals surface area contributed by atoms with Crippen molar-refractivity contribution in [2.24, 2.45) is 11.3 Å². The molecule has 0 unspecified atom stereocenters. The zero-order valence-corrected chi connectivity index (χ0v) is 15.7. The van der Waals surface area contributed by atoms with E-state index >= 15 is 0 Å². The number of aryl methyl sites for hydroxylation is 1. The second kappa shape index (κ2) is 8.25. The van der Waals surface area contributed by atoms with E-state index in [0.717, 1.165) is 58.4 Å². The van der Waals surface area contributed by atoms with Gasteiger partial charge in [0.15, 0.2) is 0 Å². The normalized spacial score (nSPS) is 25.2. The number of rotatable bonds is 7. The molecule has 2 aliphatic rings. The molecular formula is C18H32N6O. The van der Waals surface area contributed by atoms with E-state index in [1.807, 2.05) is 0 Å². The van der Waals surface area contributed by atoms with Crippen LogP contribution in [-0.2, 0) is 11.3 Å². The summed E-state index contributed by atoms with van der Waals surface area (Å²) in [7, 11) is 0. The number of amides is 1. The van der Waals surface area contributed by atoms with Gasteiger partial charge in [-0.1, -0.05) is 13.8 Å². The Morgan fingerprint density at radius 1 is 1.20 bits per heavy atom. The molecule has 25 heavy (non-hydrogen) atoms. The Balaban J connectivity index is 1.51. The van der Waals surface area contributed by atoms with Crippen LogP contribution < -0.4 is 0 Å². The Kier molecular flexibility index (Phi) is 6.04. The van der Waals surface area contributed by atoms with Gasteiger partial charge in [-0.05, 0) is 61.5 Å². The second-order valence-electron chi connectivity index (χ2n) is 8.30. The van der Waals surface area contributed by atoms with Crippen LogP contribution in [0, 0.1) is 11.3 Å². The predicted molar refractivity (Wildman–Crippen MR) is 95.8 cm³/mol. The molecule has 7 nitrogen and oxygen atoms in total. The van der Waals surface area contributed by atoms with Crippen molar-refractivity contribution < 1.29 is 4.79 Å². The minimum atomic E-state index is 0.317. The Hall–Kier alpha value is -1.50. The van der Waals surface area contributed by atoms with Crippen molar-refractivity contribution in [1.29, 1.82) is 0 Å². The van der Waals surface area contributed by atoms with Crippen molar-refractivity contribution in [3.63, 3.8) is 0 Å². The first kappa shape index (κ1) is 18.3. The van der Waals surface area contributed by atoms with Crippen LogP contribution in [0.3, 0.4) is 0 Å². The maximum Gasteiger partial charge on any atom is 0.222 e. The molecule has 1 spiro atoms. The summed E-state index contributed by atoms with van der Waals surface area (Å²) in [6.45, 7) is 10.6. The highest BCUT2D eigenvalue weighted by atomic mass is 16.2. The quantitative estimate of drug-likeness (QED) is 0.752. The molecule has 1 aromatic heterocycles. The largest absolute Gasteiger partial charge is 0.342 e. The molecule has 0 saturated carbocycles. The minimum absolute atomic E-state index is 0.317. The summed E-state index contributed by atoms with van der Waals surface area (Å²) in [5, 5.41) is 11.3. The second-order valence-corrected chi connectivity index (χ2v) is 8.30. The molecule has 0 aliphatic carbocycles. The van der Waals surface area contributed by atoms with E-state index in [4.69, 9.17) is 0 Å². The van der Waals surface area contributed by atoms with Gasteiger partial charge < -0.3 is 9.80 Å². The molecule has 1 aromatic rings. The van der Waals surface area contributed by atoms with Crippen molar-refractivity contribution in [1.82, 2.24) is 30.0 Å². The third-order valence-electron chi connectivity index (χ3n) is 5.72. The lowest BCUT2D eigenvalue weighted by Gasteiger charge is -2.48. The molecule has 3 rings (SSSR count). The fraction of sp³-hybridized carbons (Fsp3) is 0.889. The Morgan fingerprint density at radius 2 is 2.08 bits per heavy atom. The van der Waals surface area contributed by atoms with Gasteiger partial charge in [-0.15, -0.1) is 5.10 Å². The molecule has 1 atom stereocenters. The number of nitrogens with zero attached hydrogens (tertiary/aromatic N) is 6. The van der Waals surface area contributed by atoms with Crippen LogP contribution in [0.5, 0.6) is 0 Å². The number of piperidine rings is 2. The third-order valence-corrected chi connectivity index (χ3v) is 5.72. The van der Waals surface area contributed by atoms with Gasteiger partial charge in [-0.2, -0.15) is 0 Å². The predicted octanol–water partition coefficient (Wildman–Crippen LogP) is 1.81. The van der Waals surface area contributed by atoms with Crippen LogP contribution >= 0.6 is 0 Å². The van der Waals surface area contributed by atoms with E-state index in [2.05, 4.69) is 39.2 Å².